The van der Waals surface area contributed by atoms with Gasteiger partial charge in [0, 0.05) is 26.2 Å². The fourth-order valence-electron chi connectivity index (χ4n) is 11.5. The number of aliphatic hydroxyl groups is 2. The van der Waals surface area contributed by atoms with Crippen molar-refractivity contribution < 1.29 is 19.8 Å². The summed E-state index contributed by atoms with van der Waals surface area (Å²) in [5.41, 5.74) is -0.254. The highest BCUT2D eigenvalue weighted by molar-refractivity contribution is 5.85. The van der Waals surface area contributed by atoms with Gasteiger partial charge in [-0.05, 0) is 110 Å². The molecule has 1 aliphatic heterocycles. The van der Waals surface area contributed by atoms with E-state index < -0.39 is 5.41 Å². The molecule has 5 aliphatic rings. The predicted molar refractivity (Wildman–Crippen MR) is 167 cm³/mol. The highest BCUT2D eigenvalue weighted by atomic mass is 16.3. The topological polar surface area (TPSA) is 81.1 Å². The average molecular weight is 587 g/mol. The van der Waals surface area contributed by atoms with Crippen LogP contribution in [0.2, 0.25) is 0 Å². The molecule has 0 radical (unpaired) electrons. The number of nitrogens with zero attached hydrogens (tertiary/aromatic N) is 2. The maximum absolute atomic E-state index is 14.8. The number of rotatable bonds is 8. The highest BCUT2D eigenvalue weighted by Gasteiger charge is 2.70. The second kappa shape index (κ2) is 10.7. The Morgan fingerprint density at radius 1 is 0.786 bits per heavy atom. The first-order valence-corrected chi connectivity index (χ1v) is 17.4. The third-order valence-corrected chi connectivity index (χ3v) is 14.7. The molecule has 5 rings (SSSR count). The van der Waals surface area contributed by atoms with Crippen molar-refractivity contribution in [2.24, 2.45) is 56.2 Å². The highest BCUT2D eigenvalue weighted by Crippen LogP contribution is 2.75. The van der Waals surface area contributed by atoms with Crippen molar-refractivity contribution in [1.82, 2.24) is 9.80 Å². The number of hydrogen-bond donors (Lipinski definition) is 2. The molecule has 240 valence electrons. The van der Waals surface area contributed by atoms with E-state index in [1.54, 1.807) is 11.8 Å². The third-order valence-electron chi connectivity index (χ3n) is 14.7. The van der Waals surface area contributed by atoms with Crippen molar-refractivity contribution in [3.05, 3.63) is 0 Å². The van der Waals surface area contributed by atoms with Crippen LogP contribution in [0.5, 0.6) is 0 Å². The number of fused-ring (bicyclic) bond motifs is 3. The van der Waals surface area contributed by atoms with Gasteiger partial charge in [0.1, 0.15) is 0 Å². The number of aliphatic hydroxyl groups excluding tert-OH is 2. The molecule has 4 aliphatic carbocycles. The number of carbonyl (C=O) groups excluding carboxylic acids is 2. The summed E-state index contributed by atoms with van der Waals surface area (Å²) in [6.07, 6.45) is 12.0. The molecule has 0 aromatic heterocycles. The molecule has 6 nitrogen and oxygen atoms in total. The van der Waals surface area contributed by atoms with Gasteiger partial charge in [0.15, 0.2) is 0 Å². The van der Waals surface area contributed by atoms with Crippen LogP contribution < -0.4 is 0 Å². The Hall–Kier alpha value is -1.14. The van der Waals surface area contributed by atoms with E-state index in [4.69, 9.17) is 0 Å². The maximum Gasteiger partial charge on any atom is 0.233 e. The minimum Gasteiger partial charge on any atom is -0.395 e. The summed E-state index contributed by atoms with van der Waals surface area (Å²) in [5, 5.41) is 19.5. The van der Waals surface area contributed by atoms with E-state index in [9.17, 15) is 19.8 Å². The molecular formula is C36H62N2O4. The van der Waals surface area contributed by atoms with Crippen molar-refractivity contribution in [2.75, 3.05) is 39.4 Å². The number of amides is 2. The summed E-state index contributed by atoms with van der Waals surface area (Å²) in [5.74, 6) is 2.53. The van der Waals surface area contributed by atoms with Crippen molar-refractivity contribution in [3.8, 4) is 0 Å². The number of carbonyl (C=O) groups is 2. The first kappa shape index (κ1) is 32.3. The summed E-state index contributed by atoms with van der Waals surface area (Å²) >= 11 is 0. The zero-order valence-electron chi connectivity index (χ0n) is 28.2. The maximum atomic E-state index is 14.8. The minimum absolute atomic E-state index is 0.211. The Balaban J connectivity index is 1.42. The molecule has 5 fully saturated rings. The molecule has 0 spiro atoms. The van der Waals surface area contributed by atoms with Gasteiger partial charge >= 0.3 is 0 Å². The van der Waals surface area contributed by atoms with Crippen LogP contribution in [0.15, 0.2) is 0 Å². The van der Waals surface area contributed by atoms with Gasteiger partial charge in [-0.25, -0.2) is 0 Å². The molecule has 1 heterocycles. The molecule has 6 heteroatoms. The molecule has 0 bridgehead atoms. The van der Waals surface area contributed by atoms with Crippen molar-refractivity contribution in [2.45, 2.75) is 120 Å². The van der Waals surface area contributed by atoms with Gasteiger partial charge in [0.2, 0.25) is 11.8 Å². The molecule has 2 amide bonds. The van der Waals surface area contributed by atoms with Crippen LogP contribution in [0, 0.1) is 56.2 Å². The van der Waals surface area contributed by atoms with Crippen LogP contribution in [-0.4, -0.2) is 71.2 Å². The molecule has 6 unspecified atom stereocenters. The van der Waals surface area contributed by atoms with E-state index in [-0.39, 0.29) is 35.4 Å². The van der Waals surface area contributed by atoms with Gasteiger partial charge in [0.05, 0.1) is 24.0 Å². The van der Waals surface area contributed by atoms with E-state index in [0.29, 0.717) is 66.6 Å². The minimum atomic E-state index is -1.17. The lowest BCUT2D eigenvalue weighted by atomic mass is 9.38. The standard InChI is InChI=1S/C36H62N2O4/c1-9-13-31(2,3)27-11-10-26-28-25(33(6)15-16-33)12-14-36(28,18-17-35(26,8)32(27,4)5)30(42)38-21-19-37(20-22-38)29(41)34(7,23-39)24-40/h25-28,39-40H,9-24H2,1-8H3. The Morgan fingerprint density at radius 3 is 1.93 bits per heavy atom. The van der Waals surface area contributed by atoms with Crippen LogP contribution >= 0.6 is 0 Å². The van der Waals surface area contributed by atoms with Gasteiger partial charge in [-0.1, -0.05) is 54.9 Å². The van der Waals surface area contributed by atoms with Crippen LogP contribution in [0.1, 0.15) is 120 Å². The second-order valence-corrected chi connectivity index (χ2v) is 17.6. The summed E-state index contributed by atoms with van der Waals surface area (Å²) in [4.78, 5) is 31.8. The van der Waals surface area contributed by atoms with Crippen molar-refractivity contribution >= 4 is 11.8 Å². The van der Waals surface area contributed by atoms with E-state index in [1.807, 2.05) is 0 Å². The Bertz CT molecular complexity index is 1040. The third kappa shape index (κ3) is 4.70. The van der Waals surface area contributed by atoms with Gasteiger partial charge in [-0.15, -0.1) is 0 Å². The first-order chi connectivity index (χ1) is 19.6. The lowest BCUT2D eigenvalue weighted by Crippen LogP contribution is -2.64. The predicted octanol–water partition coefficient (Wildman–Crippen LogP) is 6.14. The average Bonchev–Trinajstić information content (AvgIpc) is 3.57. The van der Waals surface area contributed by atoms with Crippen LogP contribution in [-0.2, 0) is 9.59 Å². The fraction of sp³-hybridized carbons (Fsp3) is 0.944. The van der Waals surface area contributed by atoms with Crippen LogP contribution in [0.3, 0.4) is 0 Å². The largest absolute Gasteiger partial charge is 0.395 e. The SMILES string of the molecule is CCCC(C)(C)C1CCC2C3C(C4(C)CC4)CCC3(C(=O)N3CCN(C(=O)C(C)(CO)CO)CC3)CCC2(C)C1(C)C. The molecule has 6 atom stereocenters. The summed E-state index contributed by atoms with van der Waals surface area (Å²) in [6, 6.07) is 0. The van der Waals surface area contributed by atoms with E-state index in [0.717, 1.165) is 19.3 Å². The molecule has 2 N–H and O–H groups in total. The van der Waals surface area contributed by atoms with Crippen molar-refractivity contribution in [1.29, 1.82) is 0 Å². The number of hydrogen-bond acceptors (Lipinski definition) is 4. The van der Waals surface area contributed by atoms with E-state index in [2.05, 4.69) is 53.4 Å². The molecular weight excluding hydrogens is 524 g/mol. The van der Waals surface area contributed by atoms with Gasteiger partial charge in [-0.3, -0.25) is 9.59 Å². The zero-order chi connectivity index (χ0) is 30.9. The molecule has 4 saturated carbocycles. The second-order valence-electron chi connectivity index (χ2n) is 17.6. The zero-order valence-corrected chi connectivity index (χ0v) is 28.2. The Kier molecular flexibility index (Phi) is 8.25. The van der Waals surface area contributed by atoms with Crippen LogP contribution in [0.25, 0.3) is 0 Å². The normalized spacial score (nSPS) is 37.7. The van der Waals surface area contributed by atoms with Crippen LogP contribution in [0.4, 0.5) is 0 Å². The molecule has 1 saturated heterocycles. The number of piperazine rings is 1. The van der Waals surface area contributed by atoms with Gasteiger partial charge in [-0.2, -0.15) is 0 Å². The lowest BCUT2D eigenvalue weighted by molar-refractivity contribution is -0.194. The quantitative estimate of drug-likeness (QED) is 0.358. The molecule has 42 heavy (non-hydrogen) atoms. The van der Waals surface area contributed by atoms with E-state index >= 15 is 0 Å². The fourth-order valence-corrected chi connectivity index (χ4v) is 11.5. The van der Waals surface area contributed by atoms with E-state index in [1.165, 1.54) is 44.9 Å². The van der Waals surface area contributed by atoms with Gasteiger partial charge in [0.25, 0.3) is 0 Å². The molecule has 0 aromatic rings. The monoisotopic (exact) mass is 586 g/mol. The summed E-state index contributed by atoms with van der Waals surface area (Å²) in [6.45, 7) is 20.6. The van der Waals surface area contributed by atoms with Gasteiger partial charge < -0.3 is 20.0 Å². The van der Waals surface area contributed by atoms with Crippen molar-refractivity contribution in [3.63, 3.8) is 0 Å². The Morgan fingerprint density at radius 2 is 1.38 bits per heavy atom. The molecule has 0 aromatic carbocycles. The Labute approximate surface area is 256 Å². The summed E-state index contributed by atoms with van der Waals surface area (Å²) in [7, 11) is 0. The smallest absolute Gasteiger partial charge is 0.233 e. The summed E-state index contributed by atoms with van der Waals surface area (Å²) < 4.78 is 0. The lowest BCUT2D eigenvalue weighted by Gasteiger charge is -2.67. The first-order valence-electron chi connectivity index (χ1n) is 17.4.